The predicted molar refractivity (Wildman–Crippen MR) is 403 cm³/mol. The van der Waals surface area contributed by atoms with Gasteiger partial charge in [-0.15, -0.1) is 0 Å². The molecule has 0 saturated carbocycles. The van der Waals surface area contributed by atoms with E-state index in [9.17, 15) is 0 Å². The Hall–Kier alpha value is -12.4. The van der Waals surface area contributed by atoms with Crippen LogP contribution >= 0.6 is 0 Å². The van der Waals surface area contributed by atoms with Crippen molar-refractivity contribution in [3.05, 3.63) is 372 Å². The van der Waals surface area contributed by atoms with Crippen LogP contribution in [0.2, 0.25) is 0 Å². The SMILES string of the molecule is C(=C\c1ccc2cc(-c3ccc4c(c3)c3ccccc3n4-c3cccc4ccccc34)ccc2c1)/c1ccc2c(c1)C1(c3ccccc3-c3ccccc31)c1cc(/C=C/c3ccc4cc(-c5ccc6c(c5)c5ccccc5n6-c5cccc6ccccc56)ccc4c3)ccc1-2. The molecule has 2 aliphatic carbocycles. The standard InChI is InChI=1S/C93H58N2/c1-3-19-73-63(15-1)17-13-29-87(73)94-89-27-11-7-23-79(89)81-57-71(45-49-91(81)94)69-43-41-65-51-59(35-39-67(65)55-69)31-33-61-37-47-77-78-48-38-62(54-86(78)93(85(77)53-61)83-25-9-5-21-75(83)76-22-6-10-26-84(76)93)34-32-60-36-40-68-56-70(44-42-66(68)52-60)72-46-50-92-82(58-72)80-24-8-12-28-90(80)95(92)88-30-14-18-64-16-2-4-20-74(64)88/h1-58H/b33-31+,34-32+. The van der Waals surface area contributed by atoms with Crippen LogP contribution in [0.15, 0.2) is 328 Å². The maximum absolute atomic E-state index is 2.47. The van der Waals surface area contributed by atoms with E-state index in [1.165, 1.54) is 187 Å². The zero-order valence-corrected chi connectivity index (χ0v) is 51.9. The lowest BCUT2D eigenvalue weighted by molar-refractivity contribution is 0.793. The fourth-order valence-corrected chi connectivity index (χ4v) is 16.5. The fraction of sp³-hybridized carbons (Fsp3) is 0.0108. The highest BCUT2D eigenvalue weighted by Crippen LogP contribution is 2.63. The molecule has 0 atom stereocenters. The van der Waals surface area contributed by atoms with Crippen molar-refractivity contribution in [3.63, 3.8) is 0 Å². The Bertz CT molecular complexity index is 5960. The van der Waals surface area contributed by atoms with Crippen LogP contribution in [0.4, 0.5) is 0 Å². The maximum Gasteiger partial charge on any atom is 0.0725 e. The molecule has 2 heterocycles. The van der Waals surface area contributed by atoms with Crippen LogP contribution in [-0.4, -0.2) is 9.13 Å². The molecule has 0 N–H and O–H groups in total. The molecule has 0 bridgehead atoms. The smallest absolute Gasteiger partial charge is 0.0725 e. The van der Waals surface area contributed by atoms with Gasteiger partial charge in [0.1, 0.15) is 0 Å². The molecular weight excluding hydrogens is 1150 g/mol. The number of hydrogen-bond donors (Lipinski definition) is 0. The third kappa shape index (κ3) is 8.18. The van der Waals surface area contributed by atoms with E-state index in [2.05, 4.69) is 361 Å². The van der Waals surface area contributed by atoms with E-state index in [0.29, 0.717) is 0 Å². The first kappa shape index (κ1) is 53.3. The van der Waals surface area contributed by atoms with Gasteiger partial charge in [0.2, 0.25) is 0 Å². The maximum atomic E-state index is 2.47. The summed E-state index contributed by atoms with van der Waals surface area (Å²) in [4.78, 5) is 0. The minimum absolute atomic E-state index is 0.483. The Balaban J connectivity index is 0.602. The largest absolute Gasteiger partial charge is 0.309 e. The predicted octanol–water partition coefficient (Wildman–Crippen LogP) is 24.5. The summed E-state index contributed by atoms with van der Waals surface area (Å²) in [5, 5.41) is 14.9. The van der Waals surface area contributed by atoms with E-state index >= 15 is 0 Å². The summed E-state index contributed by atoms with van der Waals surface area (Å²) in [6.07, 6.45) is 9.16. The molecule has 2 aromatic heterocycles. The van der Waals surface area contributed by atoms with Gasteiger partial charge >= 0.3 is 0 Å². The van der Waals surface area contributed by atoms with Gasteiger partial charge in [0, 0.05) is 32.3 Å². The van der Waals surface area contributed by atoms with Crippen molar-refractivity contribution < 1.29 is 0 Å². The van der Waals surface area contributed by atoms with Gasteiger partial charge in [-0.1, -0.05) is 267 Å². The summed E-state index contributed by atoms with van der Waals surface area (Å²) in [7, 11) is 0. The second-order valence-corrected chi connectivity index (χ2v) is 25.9. The van der Waals surface area contributed by atoms with Gasteiger partial charge in [0.05, 0.1) is 38.9 Å². The highest BCUT2D eigenvalue weighted by Gasteiger charge is 2.51. The zero-order chi connectivity index (χ0) is 62.3. The van der Waals surface area contributed by atoms with Crippen molar-refractivity contribution in [2.75, 3.05) is 0 Å². The Kier molecular flexibility index (Phi) is 11.7. The van der Waals surface area contributed by atoms with E-state index in [-0.39, 0.29) is 0 Å². The molecule has 0 saturated heterocycles. The Morgan fingerprint density at radius 2 is 0.537 bits per heavy atom. The van der Waals surface area contributed by atoms with Crippen molar-refractivity contribution in [2.24, 2.45) is 0 Å². The quantitative estimate of drug-likeness (QED) is 0.134. The molecular formula is C93H58N2. The van der Waals surface area contributed by atoms with Crippen molar-refractivity contribution in [1.82, 2.24) is 9.13 Å². The van der Waals surface area contributed by atoms with E-state index in [0.717, 1.165) is 0 Å². The van der Waals surface area contributed by atoms with Crippen LogP contribution in [0.1, 0.15) is 44.5 Å². The number of nitrogens with zero attached hydrogens (tertiary/aromatic N) is 2. The average molecular weight is 1200 g/mol. The number of hydrogen-bond acceptors (Lipinski definition) is 0. The lowest BCUT2D eigenvalue weighted by atomic mass is 9.70. The van der Waals surface area contributed by atoms with Gasteiger partial charge in [-0.05, 0) is 206 Å². The molecule has 0 radical (unpaired) electrons. The lowest BCUT2D eigenvalue weighted by Gasteiger charge is -2.30. The number of benzene rings is 16. The van der Waals surface area contributed by atoms with E-state index in [1.807, 2.05) is 0 Å². The van der Waals surface area contributed by atoms with Crippen LogP contribution in [-0.2, 0) is 5.41 Å². The van der Waals surface area contributed by atoms with Gasteiger partial charge < -0.3 is 9.13 Å². The molecule has 440 valence electrons. The summed E-state index contributed by atoms with van der Waals surface area (Å²) in [5.74, 6) is 0. The fourth-order valence-electron chi connectivity index (χ4n) is 16.5. The summed E-state index contributed by atoms with van der Waals surface area (Å²) in [6.45, 7) is 0. The van der Waals surface area contributed by atoms with Crippen LogP contribution in [0.5, 0.6) is 0 Å². The third-order valence-electron chi connectivity index (χ3n) is 20.8. The first-order chi connectivity index (χ1) is 47.1. The number of aromatic nitrogens is 2. The lowest BCUT2D eigenvalue weighted by Crippen LogP contribution is -2.26. The first-order valence-corrected chi connectivity index (χ1v) is 33.0. The van der Waals surface area contributed by atoms with E-state index < -0.39 is 5.41 Å². The topological polar surface area (TPSA) is 9.86 Å². The van der Waals surface area contributed by atoms with E-state index in [4.69, 9.17) is 0 Å². The molecule has 2 nitrogen and oxygen atoms in total. The molecule has 2 heteroatoms. The molecule has 16 aromatic carbocycles. The molecule has 0 fully saturated rings. The van der Waals surface area contributed by atoms with Crippen LogP contribution in [0.3, 0.4) is 0 Å². The van der Waals surface area contributed by atoms with Crippen molar-refractivity contribution in [3.8, 4) is 55.9 Å². The second-order valence-electron chi connectivity index (χ2n) is 25.9. The molecule has 20 rings (SSSR count). The Labute approximate surface area is 550 Å². The third-order valence-corrected chi connectivity index (χ3v) is 20.8. The summed E-state index contributed by atoms with van der Waals surface area (Å²) in [5.41, 5.74) is 26.8. The molecule has 0 unspecified atom stereocenters. The number of rotatable bonds is 8. The van der Waals surface area contributed by atoms with Crippen molar-refractivity contribution >= 4 is 111 Å². The minimum Gasteiger partial charge on any atom is -0.309 e. The molecule has 2 aliphatic rings. The zero-order valence-electron chi connectivity index (χ0n) is 51.9. The Morgan fingerprint density at radius 1 is 0.200 bits per heavy atom. The highest BCUT2D eigenvalue weighted by atomic mass is 15.0. The van der Waals surface area contributed by atoms with Crippen LogP contribution in [0, 0.1) is 0 Å². The number of fused-ring (bicyclic) bond motifs is 20. The second kappa shape index (κ2) is 20.8. The monoisotopic (exact) mass is 1200 g/mol. The highest BCUT2D eigenvalue weighted by molar-refractivity contribution is 6.14. The molecule has 1 spiro atoms. The number of para-hydroxylation sites is 2. The molecule has 95 heavy (non-hydrogen) atoms. The van der Waals surface area contributed by atoms with Crippen molar-refractivity contribution in [2.45, 2.75) is 5.41 Å². The molecule has 0 amide bonds. The minimum atomic E-state index is -0.483. The summed E-state index contributed by atoms with van der Waals surface area (Å²) < 4.78 is 4.87. The van der Waals surface area contributed by atoms with Gasteiger partial charge in [-0.2, -0.15) is 0 Å². The van der Waals surface area contributed by atoms with E-state index in [1.54, 1.807) is 0 Å². The first-order valence-electron chi connectivity index (χ1n) is 33.0. The van der Waals surface area contributed by atoms with Crippen LogP contribution < -0.4 is 0 Å². The van der Waals surface area contributed by atoms with Gasteiger partial charge in [-0.3, -0.25) is 0 Å². The van der Waals surface area contributed by atoms with Gasteiger partial charge in [-0.25, -0.2) is 0 Å². The van der Waals surface area contributed by atoms with Gasteiger partial charge in [0.25, 0.3) is 0 Å². The van der Waals surface area contributed by atoms with Crippen molar-refractivity contribution in [1.29, 1.82) is 0 Å². The summed E-state index contributed by atoms with van der Waals surface area (Å²) in [6, 6.07) is 122. The summed E-state index contributed by atoms with van der Waals surface area (Å²) >= 11 is 0. The normalized spacial score (nSPS) is 13.1. The molecule has 0 aliphatic heterocycles. The Morgan fingerprint density at radius 3 is 1.02 bits per heavy atom. The van der Waals surface area contributed by atoms with Gasteiger partial charge in [0.15, 0.2) is 0 Å². The van der Waals surface area contributed by atoms with Crippen LogP contribution in [0.25, 0.3) is 167 Å². The average Bonchev–Trinajstić information content (AvgIpc) is 1.51. The molecule has 18 aromatic rings.